The van der Waals surface area contributed by atoms with E-state index >= 15 is 0 Å². The van der Waals surface area contributed by atoms with Crippen molar-refractivity contribution in [3.8, 4) is 11.3 Å². The highest BCUT2D eigenvalue weighted by atomic mass is 16.6. The summed E-state index contributed by atoms with van der Waals surface area (Å²) in [4.78, 5) is 39.9. The van der Waals surface area contributed by atoms with Gasteiger partial charge in [-0.3, -0.25) is 9.88 Å². The molecule has 0 unspecified atom stereocenters. The molecule has 0 bridgehead atoms. The zero-order valence-corrected chi connectivity index (χ0v) is 24.6. The molecule has 4 aromatic rings. The summed E-state index contributed by atoms with van der Waals surface area (Å²) in [5.74, 6) is 1.75. The van der Waals surface area contributed by atoms with Crippen molar-refractivity contribution in [2.75, 3.05) is 36.0 Å². The Bertz CT molecular complexity index is 1680. The number of carbonyl (C=O) groups is 2. The van der Waals surface area contributed by atoms with Gasteiger partial charge in [0.05, 0.1) is 18.4 Å². The molecule has 1 aliphatic carbocycles. The minimum absolute atomic E-state index is 0.0356. The summed E-state index contributed by atoms with van der Waals surface area (Å²) in [6, 6.07) is 15.7. The maximum absolute atomic E-state index is 13.8. The third-order valence-electron chi connectivity index (χ3n) is 8.33. The molecule has 11 heteroatoms. The first-order chi connectivity index (χ1) is 20.6. The number of fused-ring (bicyclic) bond motifs is 1. The van der Waals surface area contributed by atoms with E-state index in [9.17, 15) is 14.7 Å². The van der Waals surface area contributed by atoms with Crippen LogP contribution < -0.4 is 9.80 Å². The maximum atomic E-state index is 13.8. The van der Waals surface area contributed by atoms with Crippen LogP contribution in [-0.4, -0.2) is 73.6 Å². The molecule has 1 saturated carbocycles. The number of ether oxygens (including phenoxy) is 1. The quantitative estimate of drug-likeness (QED) is 0.321. The average Bonchev–Trinajstić information content (AvgIpc) is 3.68. The van der Waals surface area contributed by atoms with Crippen LogP contribution in [0.15, 0.2) is 60.9 Å². The maximum Gasteiger partial charge on any atom is 0.416 e. The molecule has 1 aromatic carbocycles. The Kier molecular flexibility index (Phi) is 6.30. The average molecular weight is 582 g/mol. The number of carbonyl (C=O) groups excluding carboxylic acids is 1. The molecule has 43 heavy (non-hydrogen) atoms. The van der Waals surface area contributed by atoms with E-state index in [0.717, 1.165) is 46.7 Å². The third kappa shape index (κ3) is 5.24. The molecule has 1 N–H and O–H groups in total. The predicted molar refractivity (Wildman–Crippen MR) is 161 cm³/mol. The number of hydrogen-bond acceptors (Lipinski definition) is 7. The van der Waals surface area contributed by atoms with E-state index < -0.39 is 17.8 Å². The fourth-order valence-electron chi connectivity index (χ4n) is 6.07. The Morgan fingerprint density at radius 1 is 1.07 bits per heavy atom. The number of pyridine rings is 1. The first kappa shape index (κ1) is 27.2. The van der Waals surface area contributed by atoms with Crippen molar-refractivity contribution in [2.45, 2.75) is 51.7 Å². The molecule has 0 atom stereocenters. The van der Waals surface area contributed by atoms with Crippen LogP contribution in [-0.2, 0) is 11.3 Å². The molecule has 2 saturated heterocycles. The molecule has 3 aromatic heterocycles. The van der Waals surface area contributed by atoms with Gasteiger partial charge in [0.15, 0.2) is 5.65 Å². The van der Waals surface area contributed by atoms with Crippen molar-refractivity contribution in [3.05, 3.63) is 72.1 Å². The van der Waals surface area contributed by atoms with Gasteiger partial charge in [-0.05, 0) is 57.2 Å². The SMILES string of the molecule is CC(C)(C)OC(=O)N(Cc1ccc(-c2ccccn2)cc1)c1cc(N2CC3(CN(C(=O)O)C3)C2)nc2c(C3CC3)cnn12. The monoisotopic (exact) mass is 581 g/mol. The first-order valence-electron chi connectivity index (χ1n) is 14.7. The number of anilines is 2. The van der Waals surface area contributed by atoms with Crippen LogP contribution in [0, 0.1) is 5.41 Å². The molecule has 5 heterocycles. The van der Waals surface area contributed by atoms with Gasteiger partial charge >= 0.3 is 12.2 Å². The van der Waals surface area contributed by atoms with E-state index in [0.29, 0.717) is 37.9 Å². The van der Waals surface area contributed by atoms with Gasteiger partial charge in [-0.15, -0.1) is 0 Å². The number of carboxylic acid groups (broad SMARTS) is 1. The lowest BCUT2D eigenvalue weighted by atomic mass is 9.73. The summed E-state index contributed by atoms with van der Waals surface area (Å²) in [7, 11) is 0. The second kappa shape index (κ2) is 9.96. The molecule has 0 radical (unpaired) electrons. The summed E-state index contributed by atoms with van der Waals surface area (Å²) >= 11 is 0. The number of nitrogens with zero attached hydrogens (tertiary/aromatic N) is 7. The van der Waals surface area contributed by atoms with Crippen LogP contribution in [0.4, 0.5) is 21.2 Å². The summed E-state index contributed by atoms with van der Waals surface area (Å²) in [5.41, 5.74) is 3.91. The standard InChI is InChI=1S/C32H35N7O4/c1-31(2,3)43-30(42)38(16-21-7-9-23(10-8-21)25-6-4-5-13-33-25)27-14-26(35-28-24(22-11-12-22)15-34-39(27)28)36-17-32(18-36)19-37(20-32)29(40)41/h4-10,13-15,22H,11-12,16-20H2,1-3H3,(H,40,41). The molecule has 1 spiro atoms. The molecule has 7 rings (SSSR count). The van der Waals surface area contributed by atoms with Gasteiger partial charge in [0.1, 0.15) is 17.2 Å². The Hall–Kier alpha value is -4.67. The van der Waals surface area contributed by atoms with Crippen LogP contribution in [0.3, 0.4) is 0 Å². The first-order valence-corrected chi connectivity index (χ1v) is 14.7. The third-order valence-corrected chi connectivity index (χ3v) is 8.33. The highest BCUT2D eigenvalue weighted by Crippen LogP contribution is 2.45. The van der Waals surface area contributed by atoms with E-state index in [1.54, 1.807) is 15.6 Å². The second-order valence-electron chi connectivity index (χ2n) is 13.1. The van der Waals surface area contributed by atoms with Crippen molar-refractivity contribution >= 4 is 29.5 Å². The lowest BCUT2D eigenvalue weighted by Crippen LogP contribution is -2.73. The van der Waals surface area contributed by atoms with E-state index in [1.807, 2.05) is 75.5 Å². The number of amides is 2. The van der Waals surface area contributed by atoms with Crippen molar-refractivity contribution < 1.29 is 19.4 Å². The van der Waals surface area contributed by atoms with Gasteiger partial charge < -0.3 is 19.6 Å². The fourth-order valence-corrected chi connectivity index (χ4v) is 6.07. The van der Waals surface area contributed by atoms with Crippen molar-refractivity contribution in [3.63, 3.8) is 0 Å². The largest absolute Gasteiger partial charge is 0.465 e. The van der Waals surface area contributed by atoms with Gasteiger partial charge in [0.2, 0.25) is 0 Å². The number of rotatable bonds is 6. The molecule has 2 amide bonds. The Balaban J connectivity index is 1.24. The minimum atomic E-state index is -0.875. The summed E-state index contributed by atoms with van der Waals surface area (Å²) in [6.07, 6.45) is 4.49. The van der Waals surface area contributed by atoms with Gasteiger partial charge in [-0.1, -0.05) is 30.3 Å². The number of hydrogen-bond donors (Lipinski definition) is 1. The zero-order chi connectivity index (χ0) is 29.9. The molecular weight excluding hydrogens is 546 g/mol. The van der Waals surface area contributed by atoms with Crippen molar-refractivity contribution in [1.29, 1.82) is 0 Å². The topological polar surface area (TPSA) is 116 Å². The van der Waals surface area contributed by atoms with Gasteiger partial charge in [-0.25, -0.2) is 14.6 Å². The Labute approximate surface area is 249 Å². The minimum Gasteiger partial charge on any atom is -0.465 e. The number of benzene rings is 1. The molecule has 3 fully saturated rings. The van der Waals surface area contributed by atoms with E-state index in [4.69, 9.17) is 14.8 Å². The normalized spacial score (nSPS) is 17.5. The second-order valence-corrected chi connectivity index (χ2v) is 13.1. The Morgan fingerprint density at radius 3 is 2.44 bits per heavy atom. The molecule has 11 nitrogen and oxygen atoms in total. The van der Waals surface area contributed by atoms with Crippen LogP contribution in [0.25, 0.3) is 16.9 Å². The lowest BCUT2D eigenvalue weighted by Gasteiger charge is -2.59. The molecule has 222 valence electrons. The zero-order valence-electron chi connectivity index (χ0n) is 24.6. The predicted octanol–water partition coefficient (Wildman–Crippen LogP) is 5.41. The van der Waals surface area contributed by atoms with Gasteiger partial charge in [-0.2, -0.15) is 9.61 Å². The van der Waals surface area contributed by atoms with Gasteiger partial charge in [0.25, 0.3) is 0 Å². The van der Waals surface area contributed by atoms with E-state index in [-0.39, 0.29) is 12.0 Å². The van der Waals surface area contributed by atoms with Crippen LogP contribution in [0.1, 0.15) is 50.7 Å². The van der Waals surface area contributed by atoms with Crippen molar-refractivity contribution in [1.82, 2.24) is 24.5 Å². The molecule has 2 aliphatic heterocycles. The smallest absolute Gasteiger partial charge is 0.416 e. The van der Waals surface area contributed by atoms with Crippen LogP contribution >= 0.6 is 0 Å². The Morgan fingerprint density at radius 2 is 1.81 bits per heavy atom. The van der Waals surface area contributed by atoms with E-state index in [1.165, 1.54) is 4.90 Å². The molecular formula is C32H35N7O4. The molecule has 3 aliphatic rings. The summed E-state index contributed by atoms with van der Waals surface area (Å²) in [5, 5.41) is 14.0. The summed E-state index contributed by atoms with van der Waals surface area (Å²) in [6.45, 7) is 8.34. The number of likely N-dealkylation sites (tertiary alicyclic amines) is 1. The highest BCUT2D eigenvalue weighted by molar-refractivity contribution is 5.88. The van der Waals surface area contributed by atoms with Crippen molar-refractivity contribution in [2.24, 2.45) is 5.41 Å². The van der Waals surface area contributed by atoms with E-state index in [2.05, 4.69) is 9.88 Å². The number of aromatic nitrogens is 4. The lowest BCUT2D eigenvalue weighted by molar-refractivity contribution is -0.00972. The highest BCUT2D eigenvalue weighted by Gasteiger charge is 2.54. The summed E-state index contributed by atoms with van der Waals surface area (Å²) < 4.78 is 7.67. The van der Waals surface area contributed by atoms with Crippen LogP contribution in [0.5, 0.6) is 0 Å². The van der Waals surface area contributed by atoms with Crippen LogP contribution in [0.2, 0.25) is 0 Å². The fraction of sp³-hybridized carbons (Fsp3) is 0.406. The van der Waals surface area contributed by atoms with Gasteiger partial charge in [0, 0.05) is 55.0 Å².